The summed E-state index contributed by atoms with van der Waals surface area (Å²) in [7, 11) is 0. The number of ketones is 1. The van der Waals surface area contributed by atoms with E-state index in [9.17, 15) is 4.79 Å². The first-order valence-corrected chi connectivity index (χ1v) is 5.59. The highest BCUT2D eigenvalue weighted by Gasteiger charge is 2.06. The molecule has 0 atom stereocenters. The number of carbonyl (C=O) groups excluding carboxylic acids is 1. The predicted octanol–water partition coefficient (Wildman–Crippen LogP) is 3.00. The van der Waals surface area contributed by atoms with Gasteiger partial charge in [-0.05, 0) is 24.6 Å². The first-order valence-electron chi connectivity index (χ1n) is 5.59. The Morgan fingerprint density at radius 1 is 1.12 bits per heavy atom. The van der Waals surface area contributed by atoms with Crippen molar-refractivity contribution in [3.05, 3.63) is 65.2 Å². The van der Waals surface area contributed by atoms with E-state index in [4.69, 9.17) is 5.73 Å². The van der Waals surface area contributed by atoms with Crippen molar-refractivity contribution in [2.75, 3.05) is 5.73 Å². The molecule has 86 valence electrons. The molecule has 2 nitrogen and oxygen atoms in total. The predicted molar refractivity (Wildman–Crippen MR) is 70.1 cm³/mol. The maximum atomic E-state index is 12.0. The average Bonchev–Trinajstić information content (AvgIpc) is 2.29. The van der Waals surface area contributed by atoms with Crippen LogP contribution in [0.2, 0.25) is 0 Å². The number of nitrogen functional groups attached to an aromatic ring is 1. The summed E-state index contributed by atoms with van der Waals surface area (Å²) in [5.74, 6) is 0.121. The zero-order valence-electron chi connectivity index (χ0n) is 9.81. The number of hydrogen-bond acceptors (Lipinski definition) is 2. The summed E-state index contributed by atoms with van der Waals surface area (Å²) in [4.78, 5) is 12.0. The van der Waals surface area contributed by atoms with Crippen molar-refractivity contribution in [3.8, 4) is 0 Å². The van der Waals surface area contributed by atoms with Gasteiger partial charge in [-0.15, -0.1) is 0 Å². The summed E-state index contributed by atoms with van der Waals surface area (Å²) >= 11 is 0. The van der Waals surface area contributed by atoms with Gasteiger partial charge in [-0.2, -0.15) is 0 Å². The van der Waals surface area contributed by atoms with Crippen molar-refractivity contribution in [3.63, 3.8) is 0 Å². The molecule has 0 heterocycles. The fraction of sp³-hybridized carbons (Fsp3) is 0.133. The number of aryl methyl sites for hydroxylation is 1. The summed E-state index contributed by atoms with van der Waals surface area (Å²) in [5.41, 5.74) is 9.24. The SMILES string of the molecule is Cc1ccc(C(=O)Cc2cccc(N)c2)cc1. The number of rotatable bonds is 3. The van der Waals surface area contributed by atoms with Crippen LogP contribution in [-0.4, -0.2) is 5.78 Å². The second-order valence-corrected chi connectivity index (χ2v) is 4.21. The molecule has 0 saturated heterocycles. The molecule has 0 spiro atoms. The van der Waals surface area contributed by atoms with Gasteiger partial charge in [-0.3, -0.25) is 4.79 Å². The van der Waals surface area contributed by atoms with Gasteiger partial charge in [0.2, 0.25) is 0 Å². The van der Waals surface area contributed by atoms with Gasteiger partial charge in [0.25, 0.3) is 0 Å². The summed E-state index contributed by atoms with van der Waals surface area (Å²) in [6, 6.07) is 15.1. The Morgan fingerprint density at radius 2 is 1.82 bits per heavy atom. The average molecular weight is 225 g/mol. The lowest BCUT2D eigenvalue weighted by Gasteiger charge is -2.03. The smallest absolute Gasteiger partial charge is 0.167 e. The first kappa shape index (κ1) is 11.4. The maximum absolute atomic E-state index is 12.0. The van der Waals surface area contributed by atoms with E-state index in [1.54, 1.807) is 0 Å². The Labute approximate surface area is 101 Å². The molecule has 0 aliphatic rings. The lowest BCUT2D eigenvalue weighted by Crippen LogP contribution is -2.03. The Hall–Kier alpha value is -2.09. The molecule has 17 heavy (non-hydrogen) atoms. The van der Waals surface area contributed by atoms with Crippen LogP contribution in [0.1, 0.15) is 21.5 Å². The van der Waals surface area contributed by atoms with Gasteiger partial charge in [0.15, 0.2) is 5.78 Å². The van der Waals surface area contributed by atoms with Gasteiger partial charge in [0.1, 0.15) is 0 Å². The molecule has 0 aliphatic heterocycles. The topological polar surface area (TPSA) is 43.1 Å². The number of hydrogen-bond donors (Lipinski definition) is 1. The lowest BCUT2D eigenvalue weighted by molar-refractivity contribution is 0.0993. The summed E-state index contributed by atoms with van der Waals surface area (Å²) in [6.45, 7) is 2.01. The number of carbonyl (C=O) groups is 1. The zero-order valence-corrected chi connectivity index (χ0v) is 9.81. The van der Waals surface area contributed by atoms with Crippen LogP contribution < -0.4 is 5.73 Å². The standard InChI is InChI=1S/C15H15NO/c1-11-5-7-13(8-6-11)15(17)10-12-3-2-4-14(16)9-12/h2-9H,10,16H2,1H3. The molecule has 2 rings (SSSR count). The lowest BCUT2D eigenvalue weighted by atomic mass is 10.0. The van der Waals surface area contributed by atoms with Gasteiger partial charge in [-0.25, -0.2) is 0 Å². The van der Waals surface area contributed by atoms with Gasteiger partial charge < -0.3 is 5.73 Å². The van der Waals surface area contributed by atoms with Gasteiger partial charge >= 0.3 is 0 Å². The number of Topliss-reactive ketones (excluding diaryl/α,β-unsaturated/α-hetero) is 1. The quantitative estimate of drug-likeness (QED) is 0.644. The Morgan fingerprint density at radius 3 is 2.47 bits per heavy atom. The molecular formula is C15H15NO. The molecule has 0 fully saturated rings. The molecule has 0 amide bonds. The van der Waals surface area contributed by atoms with E-state index in [1.807, 2.05) is 55.5 Å². The molecule has 2 N–H and O–H groups in total. The van der Waals surface area contributed by atoms with Crippen molar-refractivity contribution in [2.24, 2.45) is 0 Å². The van der Waals surface area contributed by atoms with Crippen molar-refractivity contribution in [2.45, 2.75) is 13.3 Å². The van der Waals surface area contributed by atoms with Crippen LogP contribution in [0.15, 0.2) is 48.5 Å². The number of anilines is 1. The zero-order chi connectivity index (χ0) is 12.3. The highest BCUT2D eigenvalue weighted by molar-refractivity contribution is 5.97. The minimum Gasteiger partial charge on any atom is -0.399 e. The Balaban J connectivity index is 2.14. The Kier molecular flexibility index (Phi) is 3.24. The van der Waals surface area contributed by atoms with Crippen molar-refractivity contribution in [1.29, 1.82) is 0 Å². The minimum absolute atomic E-state index is 0.121. The fourth-order valence-corrected chi connectivity index (χ4v) is 1.73. The third kappa shape index (κ3) is 2.94. The molecule has 2 heteroatoms. The van der Waals surface area contributed by atoms with E-state index >= 15 is 0 Å². The van der Waals surface area contributed by atoms with E-state index in [2.05, 4.69) is 0 Å². The molecule has 0 saturated carbocycles. The van der Waals surface area contributed by atoms with E-state index < -0.39 is 0 Å². The van der Waals surface area contributed by atoms with E-state index in [1.165, 1.54) is 0 Å². The van der Waals surface area contributed by atoms with E-state index in [-0.39, 0.29) is 5.78 Å². The second kappa shape index (κ2) is 4.83. The van der Waals surface area contributed by atoms with Crippen LogP contribution >= 0.6 is 0 Å². The highest BCUT2D eigenvalue weighted by Crippen LogP contribution is 2.11. The van der Waals surface area contributed by atoms with Gasteiger partial charge in [-0.1, -0.05) is 42.0 Å². The van der Waals surface area contributed by atoms with Crippen LogP contribution in [0.25, 0.3) is 0 Å². The minimum atomic E-state index is 0.121. The van der Waals surface area contributed by atoms with Crippen molar-refractivity contribution < 1.29 is 4.79 Å². The second-order valence-electron chi connectivity index (χ2n) is 4.21. The van der Waals surface area contributed by atoms with Crippen LogP contribution in [0.5, 0.6) is 0 Å². The largest absolute Gasteiger partial charge is 0.399 e. The summed E-state index contributed by atoms with van der Waals surface area (Å²) in [6.07, 6.45) is 0.397. The molecule has 0 aromatic heterocycles. The molecule has 2 aromatic rings. The molecule has 0 unspecified atom stereocenters. The van der Waals surface area contributed by atoms with Crippen LogP contribution in [0.4, 0.5) is 5.69 Å². The number of nitrogens with two attached hydrogens (primary N) is 1. The molecule has 0 bridgehead atoms. The van der Waals surface area contributed by atoms with Crippen LogP contribution in [0, 0.1) is 6.92 Å². The monoisotopic (exact) mass is 225 g/mol. The molecule has 2 aromatic carbocycles. The number of benzene rings is 2. The molecule has 0 aliphatic carbocycles. The summed E-state index contributed by atoms with van der Waals surface area (Å²) < 4.78 is 0. The van der Waals surface area contributed by atoms with Gasteiger partial charge in [0.05, 0.1) is 0 Å². The van der Waals surface area contributed by atoms with Gasteiger partial charge in [0, 0.05) is 17.7 Å². The van der Waals surface area contributed by atoms with E-state index in [0.717, 1.165) is 16.7 Å². The van der Waals surface area contributed by atoms with Crippen LogP contribution in [0.3, 0.4) is 0 Å². The van der Waals surface area contributed by atoms with Crippen molar-refractivity contribution >= 4 is 11.5 Å². The van der Waals surface area contributed by atoms with E-state index in [0.29, 0.717) is 12.1 Å². The fourth-order valence-electron chi connectivity index (χ4n) is 1.73. The maximum Gasteiger partial charge on any atom is 0.167 e. The molecule has 0 radical (unpaired) electrons. The normalized spacial score (nSPS) is 10.2. The Bertz CT molecular complexity index is 529. The third-order valence-corrected chi connectivity index (χ3v) is 2.69. The van der Waals surface area contributed by atoms with Crippen molar-refractivity contribution in [1.82, 2.24) is 0 Å². The first-order chi connectivity index (χ1) is 8.15. The summed E-state index contributed by atoms with van der Waals surface area (Å²) in [5, 5.41) is 0. The third-order valence-electron chi connectivity index (χ3n) is 2.69. The van der Waals surface area contributed by atoms with Crippen LogP contribution in [-0.2, 0) is 6.42 Å². The highest BCUT2D eigenvalue weighted by atomic mass is 16.1. The molecular weight excluding hydrogens is 210 g/mol.